The zero-order chi connectivity index (χ0) is 10.1. The van der Waals surface area contributed by atoms with Crippen LogP contribution in [0.25, 0.3) is 0 Å². The minimum atomic E-state index is -0.897. The Morgan fingerprint density at radius 1 is 1.69 bits per heavy atom. The van der Waals surface area contributed by atoms with Crippen LogP contribution in [0.1, 0.15) is 13.3 Å². The van der Waals surface area contributed by atoms with E-state index in [0.717, 1.165) is 10.9 Å². The van der Waals surface area contributed by atoms with Gasteiger partial charge in [0.15, 0.2) is 0 Å². The van der Waals surface area contributed by atoms with Gasteiger partial charge in [-0.2, -0.15) is 0 Å². The molecular formula is C9H11Br3O. The van der Waals surface area contributed by atoms with E-state index in [4.69, 9.17) is 0 Å². The van der Waals surface area contributed by atoms with Crippen LogP contribution in [0.2, 0.25) is 0 Å². The number of hydrogen-bond donors (Lipinski definition) is 1. The average Bonchev–Trinajstić information content (AvgIpc) is 1.97. The van der Waals surface area contributed by atoms with Crippen LogP contribution in [-0.2, 0) is 0 Å². The second kappa shape index (κ2) is 4.60. The van der Waals surface area contributed by atoms with Crippen molar-refractivity contribution in [2.75, 3.05) is 0 Å². The Morgan fingerprint density at radius 3 is 2.85 bits per heavy atom. The van der Waals surface area contributed by atoms with Crippen LogP contribution >= 0.6 is 47.8 Å². The van der Waals surface area contributed by atoms with E-state index in [2.05, 4.69) is 54.7 Å². The standard InChI is InChI=1S/C9H11Br3O/c1-6(10)4-7-5-8(11)2-3-9(7,12)13/h2-3,5-7,13H,4H2,1H3. The lowest BCUT2D eigenvalue weighted by atomic mass is 9.93. The third-order valence-corrected chi connectivity index (χ3v) is 3.69. The molecule has 0 spiro atoms. The van der Waals surface area contributed by atoms with E-state index in [1.54, 1.807) is 6.08 Å². The van der Waals surface area contributed by atoms with Gasteiger partial charge >= 0.3 is 0 Å². The van der Waals surface area contributed by atoms with Crippen LogP contribution in [0, 0.1) is 5.92 Å². The van der Waals surface area contributed by atoms with Crippen molar-refractivity contribution in [3.8, 4) is 0 Å². The number of hydrogen-bond acceptors (Lipinski definition) is 1. The highest BCUT2D eigenvalue weighted by atomic mass is 79.9. The van der Waals surface area contributed by atoms with Crippen molar-refractivity contribution >= 4 is 47.8 Å². The SMILES string of the molecule is CC(Br)CC1C=C(Br)C=CC1(O)Br. The fourth-order valence-electron chi connectivity index (χ4n) is 1.27. The normalized spacial score (nSPS) is 35.8. The maximum atomic E-state index is 9.94. The molecule has 0 aliphatic heterocycles. The first-order chi connectivity index (χ1) is 5.92. The Balaban J connectivity index is 2.76. The van der Waals surface area contributed by atoms with Gasteiger partial charge in [0.05, 0.1) is 0 Å². The summed E-state index contributed by atoms with van der Waals surface area (Å²) in [5.74, 6) is 0.0984. The molecule has 3 atom stereocenters. The van der Waals surface area contributed by atoms with E-state index < -0.39 is 4.51 Å². The van der Waals surface area contributed by atoms with Gasteiger partial charge in [0.1, 0.15) is 4.51 Å². The van der Waals surface area contributed by atoms with Crippen molar-refractivity contribution in [1.82, 2.24) is 0 Å². The molecule has 0 aromatic heterocycles. The number of allylic oxidation sites excluding steroid dienone is 2. The van der Waals surface area contributed by atoms with Crippen LogP contribution in [0.5, 0.6) is 0 Å². The Bertz CT molecular complexity index is 243. The van der Waals surface area contributed by atoms with Crippen molar-refractivity contribution < 1.29 is 5.11 Å². The van der Waals surface area contributed by atoms with Crippen LogP contribution in [0.15, 0.2) is 22.7 Å². The Hall–Kier alpha value is 0.880. The maximum Gasteiger partial charge on any atom is 0.144 e. The molecule has 0 aromatic rings. The van der Waals surface area contributed by atoms with Crippen LogP contribution < -0.4 is 0 Å². The molecule has 1 rings (SSSR count). The first kappa shape index (κ1) is 12.0. The topological polar surface area (TPSA) is 20.2 Å². The van der Waals surface area contributed by atoms with Gasteiger partial charge in [0.2, 0.25) is 0 Å². The number of halogens is 3. The Kier molecular flexibility index (Phi) is 4.23. The predicted octanol–water partition coefficient (Wildman–Crippen LogP) is 3.71. The molecule has 3 unspecified atom stereocenters. The molecule has 13 heavy (non-hydrogen) atoms. The first-order valence-corrected chi connectivity index (χ1v) is 6.54. The molecule has 0 amide bonds. The fourth-order valence-corrected chi connectivity index (χ4v) is 2.57. The summed E-state index contributed by atoms with van der Waals surface area (Å²) in [4.78, 5) is 0.393. The van der Waals surface area contributed by atoms with Crippen LogP contribution in [0.3, 0.4) is 0 Å². The summed E-state index contributed by atoms with van der Waals surface area (Å²) in [5, 5.41) is 9.94. The Morgan fingerprint density at radius 2 is 2.31 bits per heavy atom. The summed E-state index contributed by atoms with van der Waals surface area (Å²) in [6.45, 7) is 2.07. The van der Waals surface area contributed by atoms with Gasteiger partial charge in [-0.05, 0) is 34.5 Å². The minimum absolute atomic E-state index is 0.0984. The lowest BCUT2D eigenvalue weighted by Gasteiger charge is -2.29. The second-order valence-corrected chi connectivity index (χ2v) is 6.98. The van der Waals surface area contributed by atoms with Gasteiger partial charge in [-0.1, -0.05) is 44.9 Å². The lowest BCUT2D eigenvalue weighted by Crippen LogP contribution is -2.30. The van der Waals surface area contributed by atoms with E-state index in [1.165, 1.54) is 0 Å². The summed E-state index contributed by atoms with van der Waals surface area (Å²) in [7, 11) is 0. The van der Waals surface area contributed by atoms with Gasteiger partial charge < -0.3 is 5.11 Å². The van der Waals surface area contributed by atoms with Gasteiger partial charge in [0.25, 0.3) is 0 Å². The second-order valence-electron chi connectivity index (χ2n) is 3.24. The van der Waals surface area contributed by atoms with E-state index in [1.807, 2.05) is 12.2 Å². The van der Waals surface area contributed by atoms with Gasteiger partial charge in [-0.15, -0.1) is 0 Å². The molecule has 1 aliphatic carbocycles. The Labute approximate surface area is 104 Å². The van der Waals surface area contributed by atoms with E-state index in [0.29, 0.717) is 4.83 Å². The molecule has 74 valence electrons. The van der Waals surface area contributed by atoms with Gasteiger partial charge in [-0.25, -0.2) is 0 Å². The van der Waals surface area contributed by atoms with E-state index in [-0.39, 0.29) is 5.92 Å². The lowest BCUT2D eigenvalue weighted by molar-refractivity contribution is 0.142. The molecule has 4 heteroatoms. The van der Waals surface area contributed by atoms with Crippen molar-refractivity contribution in [3.05, 3.63) is 22.7 Å². The molecule has 1 nitrogen and oxygen atoms in total. The zero-order valence-corrected chi connectivity index (χ0v) is 11.9. The molecule has 0 bridgehead atoms. The molecule has 0 fully saturated rings. The number of aliphatic hydroxyl groups is 1. The third-order valence-electron chi connectivity index (χ3n) is 1.94. The third kappa shape index (κ3) is 3.50. The van der Waals surface area contributed by atoms with Crippen molar-refractivity contribution in [3.63, 3.8) is 0 Å². The highest BCUT2D eigenvalue weighted by Crippen LogP contribution is 2.37. The molecule has 0 saturated carbocycles. The summed E-state index contributed by atoms with van der Waals surface area (Å²) in [5.41, 5.74) is 0. The molecule has 0 radical (unpaired) electrons. The molecule has 0 heterocycles. The highest BCUT2D eigenvalue weighted by Gasteiger charge is 2.32. The summed E-state index contributed by atoms with van der Waals surface area (Å²) >= 11 is 10.2. The monoisotopic (exact) mass is 372 g/mol. The van der Waals surface area contributed by atoms with E-state index in [9.17, 15) is 5.11 Å². The van der Waals surface area contributed by atoms with E-state index >= 15 is 0 Å². The van der Waals surface area contributed by atoms with Crippen molar-refractivity contribution in [2.24, 2.45) is 5.92 Å². The quantitative estimate of drug-likeness (QED) is 0.730. The molecule has 0 saturated heterocycles. The van der Waals surface area contributed by atoms with Crippen LogP contribution in [0.4, 0.5) is 0 Å². The minimum Gasteiger partial charge on any atom is -0.375 e. The van der Waals surface area contributed by atoms with Gasteiger partial charge in [0, 0.05) is 15.2 Å². The number of rotatable bonds is 2. The predicted molar refractivity (Wildman–Crippen MR) is 66.5 cm³/mol. The largest absolute Gasteiger partial charge is 0.375 e. The van der Waals surface area contributed by atoms with Gasteiger partial charge in [-0.3, -0.25) is 0 Å². The smallest absolute Gasteiger partial charge is 0.144 e. The maximum absolute atomic E-state index is 9.94. The summed E-state index contributed by atoms with van der Waals surface area (Å²) in [6, 6.07) is 0. The fraction of sp³-hybridized carbons (Fsp3) is 0.556. The highest BCUT2D eigenvalue weighted by molar-refractivity contribution is 9.12. The van der Waals surface area contributed by atoms with Crippen molar-refractivity contribution in [2.45, 2.75) is 22.7 Å². The first-order valence-electron chi connectivity index (χ1n) is 4.04. The molecule has 1 N–H and O–H groups in total. The molecular weight excluding hydrogens is 364 g/mol. The number of alkyl halides is 2. The zero-order valence-electron chi connectivity index (χ0n) is 7.17. The summed E-state index contributed by atoms with van der Waals surface area (Å²) < 4.78 is 0.126. The average molecular weight is 375 g/mol. The van der Waals surface area contributed by atoms with Crippen molar-refractivity contribution in [1.29, 1.82) is 0 Å². The summed E-state index contributed by atoms with van der Waals surface area (Å²) in [6.07, 6.45) is 6.52. The molecule has 0 aromatic carbocycles. The van der Waals surface area contributed by atoms with Crippen LogP contribution in [-0.4, -0.2) is 14.4 Å². The molecule has 1 aliphatic rings.